The van der Waals surface area contributed by atoms with E-state index >= 15 is 0 Å². The van der Waals surface area contributed by atoms with Crippen molar-refractivity contribution < 1.29 is 4.42 Å². The topological polar surface area (TPSA) is 25.2 Å². The van der Waals surface area contributed by atoms with Crippen molar-refractivity contribution in [2.24, 2.45) is 0 Å². The first-order valence-electron chi connectivity index (χ1n) is 5.82. The molecule has 0 spiro atoms. The Kier molecular flexibility index (Phi) is 4.17. The maximum absolute atomic E-state index is 5.46. The molecule has 88 valence electrons. The SMILES string of the molecule is Cc1ccc(CNC/C=C/c2ccccc2)o1. The average molecular weight is 227 g/mol. The average Bonchev–Trinajstić information content (AvgIpc) is 2.76. The monoisotopic (exact) mass is 227 g/mol. The molecule has 0 atom stereocenters. The molecule has 1 N–H and O–H groups in total. The molecule has 0 bridgehead atoms. The van der Waals surface area contributed by atoms with Crippen molar-refractivity contribution in [3.8, 4) is 0 Å². The predicted molar refractivity (Wildman–Crippen MR) is 70.6 cm³/mol. The summed E-state index contributed by atoms with van der Waals surface area (Å²) in [6.07, 6.45) is 4.23. The van der Waals surface area contributed by atoms with E-state index in [1.807, 2.05) is 37.3 Å². The summed E-state index contributed by atoms with van der Waals surface area (Å²) in [5, 5.41) is 3.30. The Labute approximate surface area is 102 Å². The number of benzene rings is 1. The summed E-state index contributed by atoms with van der Waals surface area (Å²) < 4.78 is 5.46. The number of nitrogens with one attached hydrogen (secondary N) is 1. The maximum Gasteiger partial charge on any atom is 0.117 e. The van der Waals surface area contributed by atoms with Gasteiger partial charge in [0, 0.05) is 6.54 Å². The van der Waals surface area contributed by atoms with Gasteiger partial charge in [0.1, 0.15) is 11.5 Å². The highest BCUT2D eigenvalue weighted by Crippen LogP contribution is 2.05. The Hall–Kier alpha value is -1.80. The second-order valence-electron chi connectivity index (χ2n) is 3.96. The Bertz CT molecular complexity index is 471. The highest BCUT2D eigenvalue weighted by Gasteiger charge is 1.95. The van der Waals surface area contributed by atoms with Crippen LogP contribution in [0.15, 0.2) is 53.0 Å². The molecular weight excluding hydrogens is 210 g/mol. The van der Waals surface area contributed by atoms with E-state index in [0.29, 0.717) is 0 Å². The molecule has 0 radical (unpaired) electrons. The third kappa shape index (κ3) is 3.93. The molecule has 1 aromatic carbocycles. The normalized spacial score (nSPS) is 11.1. The molecule has 2 rings (SSSR count). The molecule has 0 unspecified atom stereocenters. The van der Waals surface area contributed by atoms with Crippen molar-refractivity contribution in [2.75, 3.05) is 6.54 Å². The minimum atomic E-state index is 0.771. The fourth-order valence-electron chi connectivity index (χ4n) is 1.62. The molecule has 0 aliphatic rings. The standard InChI is InChI=1S/C15H17NO/c1-13-9-10-15(17-13)12-16-11-5-8-14-6-3-2-4-7-14/h2-10,16H,11-12H2,1H3/b8-5+. The van der Waals surface area contributed by atoms with E-state index in [-0.39, 0.29) is 0 Å². The lowest BCUT2D eigenvalue weighted by atomic mass is 10.2. The van der Waals surface area contributed by atoms with Crippen LogP contribution in [0.25, 0.3) is 6.08 Å². The van der Waals surface area contributed by atoms with Crippen molar-refractivity contribution in [3.05, 3.63) is 65.6 Å². The van der Waals surface area contributed by atoms with E-state index in [2.05, 4.69) is 29.6 Å². The first-order valence-corrected chi connectivity index (χ1v) is 5.82. The van der Waals surface area contributed by atoms with E-state index in [9.17, 15) is 0 Å². The van der Waals surface area contributed by atoms with E-state index in [0.717, 1.165) is 24.6 Å². The van der Waals surface area contributed by atoms with Crippen LogP contribution in [0.4, 0.5) is 0 Å². The van der Waals surface area contributed by atoms with Gasteiger partial charge in [-0.1, -0.05) is 42.5 Å². The second-order valence-corrected chi connectivity index (χ2v) is 3.96. The van der Waals surface area contributed by atoms with Crippen LogP contribution in [0.3, 0.4) is 0 Å². The molecule has 0 aliphatic carbocycles. The summed E-state index contributed by atoms with van der Waals surface area (Å²) in [4.78, 5) is 0. The molecule has 0 fully saturated rings. The van der Waals surface area contributed by atoms with Gasteiger partial charge >= 0.3 is 0 Å². The van der Waals surface area contributed by atoms with Crippen LogP contribution >= 0.6 is 0 Å². The van der Waals surface area contributed by atoms with Crippen LogP contribution < -0.4 is 5.32 Å². The third-order valence-corrected chi connectivity index (χ3v) is 2.47. The van der Waals surface area contributed by atoms with Gasteiger partial charge in [0.25, 0.3) is 0 Å². The van der Waals surface area contributed by atoms with E-state index < -0.39 is 0 Å². The second kappa shape index (κ2) is 6.06. The van der Waals surface area contributed by atoms with Gasteiger partial charge in [-0.2, -0.15) is 0 Å². The highest BCUT2D eigenvalue weighted by atomic mass is 16.3. The lowest BCUT2D eigenvalue weighted by Gasteiger charge is -1.97. The van der Waals surface area contributed by atoms with Crippen LogP contribution in [-0.2, 0) is 6.54 Å². The smallest absolute Gasteiger partial charge is 0.117 e. The maximum atomic E-state index is 5.46. The van der Waals surface area contributed by atoms with Gasteiger partial charge in [-0.15, -0.1) is 0 Å². The third-order valence-electron chi connectivity index (χ3n) is 2.47. The van der Waals surface area contributed by atoms with Gasteiger partial charge in [-0.3, -0.25) is 0 Å². The van der Waals surface area contributed by atoms with Crippen LogP contribution in [0.2, 0.25) is 0 Å². The van der Waals surface area contributed by atoms with Crippen molar-refractivity contribution in [2.45, 2.75) is 13.5 Å². The predicted octanol–water partition coefficient (Wildman–Crippen LogP) is 3.39. The largest absolute Gasteiger partial charge is 0.465 e. The summed E-state index contributed by atoms with van der Waals surface area (Å²) in [6, 6.07) is 14.3. The van der Waals surface area contributed by atoms with Gasteiger partial charge in [0.2, 0.25) is 0 Å². The van der Waals surface area contributed by atoms with Crippen molar-refractivity contribution in [1.29, 1.82) is 0 Å². The van der Waals surface area contributed by atoms with Gasteiger partial charge in [-0.05, 0) is 24.6 Å². The highest BCUT2D eigenvalue weighted by molar-refractivity contribution is 5.48. The van der Waals surface area contributed by atoms with Gasteiger partial charge in [-0.25, -0.2) is 0 Å². The number of hydrogen-bond acceptors (Lipinski definition) is 2. The van der Waals surface area contributed by atoms with Crippen molar-refractivity contribution in [1.82, 2.24) is 5.32 Å². The molecule has 2 aromatic rings. The van der Waals surface area contributed by atoms with Gasteiger partial charge in [0.15, 0.2) is 0 Å². The molecular formula is C15H17NO. The van der Waals surface area contributed by atoms with E-state index in [1.54, 1.807) is 0 Å². The van der Waals surface area contributed by atoms with Gasteiger partial charge in [0.05, 0.1) is 6.54 Å². The Morgan fingerprint density at radius 2 is 1.94 bits per heavy atom. The minimum Gasteiger partial charge on any atom is -0.465 e. The van der Waals surface area contributed by atoms with E-state index in [4.69, 9.17) is 4.42 Å². The first kappa shape index (κ1) is 11.7. The fourth-order valence-corrected chi connectivity index (χ4v) is 1.62. The lowest BCUT2D eigenvalue weighted by Crippen LogP contribution is -2.11. The molecule has 0 saturated carbocycles. The zero-order valence-electron chi connectivity index (χ0n) is 10.0. The Morgan fingerprint density at radius 1 is 1.12 bits per heavy atom. The Balaban J connectivity index is 1.71. The number of furan rings is 1. The van der Waals surface area contributed by atoms with Crippen LogP contribution in [-0.4, -0.2) is 6.54 Å². The van der Waals surface area contributed by atoms with Gasteiger partial charge < -0.3 is 9.73 Å². The lowest BCUT2D eigenvalue weighted by molar-refractivity contribution is 0.468. The summed E-state index contributed by atoms with van der Waals surface area (Å²) in [5.74, 6) is 1.94. The number of aryl methyl sites for hydroxylation is 1. The van der Waals surface area contributed by atoms with Crippen LogP contribution in [0.1, 0.15) is 17.1 Å². The quantitative estimate of drug-likeness (QED) is 0.792. The summed E-state index contributed by atoms with van der Waals surface area (Å²) >= 11 is 0. The summed E-state index contributed by atoms with van der Waals surface area (Å²) in [5.41, 5.74) is 1.23. The minimum absolute atomic E-state index is 0.771. The van der Waals surface area contributed by atoms with Crippen LogP contribution in [0, 0.1) is 6.92 Å². The molecule has 0 aliphatic heterocycles. The molecule has 2 heteroatoms. The Morgan fingerprint density at radius 3 is 2.65 bits per heavy atom. The molecule has 1 aromatic heterocycles. The number of hydrogen-bond donors (Lipinski definition) is 1. The molecule has 17 heavy (non-hydrogen) atoms. The fraction of sp³-hybridized carbons (Fsp3) is 0.200. The van der Waals surface area contributed by atoms with Crippen molar-refractivity contribution >= 4 is 6.08 Å². The zero-order valence-corrected chi connectivity index (χ0v) is 10.0. The van der Waals surface area contributed by atoms with E-state index in [1.165, 1.54) is 5.56 Å². The molecule has 1 heterocycles. The molecule has 0 amide bonds. The summed E-state index contributed by atoms with van der Waals surface area (Å²) in [6.45, 7) is 3.57. The van der Waals surface area contributed by atoms with Crippen molar-refractivity contribution in [3.63, 3.8) is 0 Å². The number of rotatable bonds is 5. The summed E-state index contributed by atoms with van der Waals surface area (Å²) in [7, 11) is 0. The zero-order chi connectivity index (χ0) is 11.9. The van der Waals surface area contributed by atoms with Crippen LogP contribution in [0.5, 0.6) is 0 Å². The molecule has 2 nitrogen and oxygen atoms in total. The molecule has 0 saturated heterocycles. The first-order chi connectivity index (χ1) is 8.34.